The van der Waals surface area contributed by atoms with E-state index in [0.717, 1.165) is 11.3 Å². The second-order valence-corrected chi connectivity index (χ2v) is 6.18. The molecule has 7 heteroatoms. The van der Waals surface area contributed by atoms with Gasteiger partial charge in [-0.1, -0.05) is 0 Å². The summed E-state index contributed by atoms with van der Waals surface area (Å²) in [6.07, 6.45) is 1.58. The Kier molecular flexibility index (Phi) is 4.27. The number of nitrogens with zero attached hydrogens (tertiary/aromatic N) is 2. The first-order valence-corrected chi connectivity index (χ1v) is 7.37. The molecule has 0 spiro atoms. The Morgan fingerprint density at radius 2 is 2.30 bits per heavy atom. The third-order valence-corrected chi connectivity index (χ3v) is 4.65. The Morgan fingerprint density at radius 1 is 1.60 bits per heavy atom. The molecule has 2 atom stereocenters. The van der Waals surface area contributed by atoms with Gasteiger partial charge in [-0.05, 0) is 19.9 Å². The van der Waals surface area contributed by atoms with Gasteiger partial charge in [-0.2, -0.15) is 0 Å². The number of urea groups is 1. The van der Waals surface area contributed by atoms with E-state index >= 15 is 0 Å². The van der Waals surface area contributed by atoms with Crippen LogP contribution in [0.4, 0.5) is 4.79 Å². The van der Waals surface area contributed by atoms with Crippen LogP contribution in [-0.2, 0) is 11.3 Å². The summed E-state index contributed by atoms with van der Waals surface area (Å²) in [5.41, 5.74) is 0.923. The number of aliphatic carboxylic acids is 1. The van der Waals surface area contributed by atoms with E-state index in [0.29, 0.717) is 12.3 Å². The third-order valence-electron chi connectivity index (χ3n) is 3.43. The molecule has 2 amide bonds. The summed E-state index contributed by atoms with van der Waals surface area (Å²) < 4.78 is 5.20. The van der Waals surface area contributed by atoms with Gasteiger partial charge in [0, 0.05) is 18.4 Å². The van der Waals surface area contributed by atoms with Crippen LogP contribution in [0, 0.1) is 6.92 Å². The zero-order valence-electron chi connectivity index (χ0n) is 11.7. The van der Waals surface area contributed by atoms with E-state index in [9.17, 15) is 14.7 Å². The van der Waals surface area contributed by atoms with E-state index in [1.807, 2.05) is 19.9 Å². The molecule has 0 saturated carbocycles. The number of carboxylic acid groups (broad SMARTS) is 1. The molecule has 1 saturated heterocycles. The predicted molar refractivity (Wildman–Crippen MR) is 75.5 cm³/mol. The smallest absolute Gasteiger partial charge is 0.327 e. The number of hydrogen-bond donors (Lipinski definition) is 1. The van der Waals surface area contributed by atoms with Gasteiger partial charge in [-0.25, -0.2) is 9.59 Å². The molecule has 1 aliphatic rings. The molecule has 1 aromatic heterocycles. The third kappa shape index (κ3) is 2.77. The number of carbonyl (C=O) groups is 2. The van der Waals surface area contributed by atoms with Crippen LogP contribution in [-0.4, -0.2) is 51.1 Å². The number of thioether (sulfide) groups is 1. The molecule has 0 aromatic carbocycles. The summed E-state index contributed by atoms with van der Waals surface area (Å²) in [4.78, 5) is 26.6. The van der Waals surface area contributed by atoms with Crippen molar-refractivity contribution in [1.29, 1.82) is 0 Å². The van der Waals surface area contributed by atoms with Gasteiger partial charge < -0.3 is 14.4 Å². The predicted octanol–water partition coefficient (Wildman–Crippen LogP) is 1.99. The first-order chi connectivity index (χ1) is 9.41. The van der Waals surface area contributed by atoms with E-state index in [1.165, 1.54) is 21.6 Å². The molecule has 20 heavy (non-hydrogen) atoms. The maximum atomic E-state index is 12.5. The Hall–Kier alpha value is -1.63. The Bertz CT molecular complexity index is 516. The summed E-state index contributed by atoms with van der Waals surface area (Å²) in [6, 6.07) is 0.793. The van der Waals surface area contributed by atoms with Crippen molar-refractivity contribution in [3.8, 4) is 0 Å². The zero-order valence-corrected chi connectivity index (χ0v) is 12.5. The molecule has 0 bridgehead atoms. The molecule has 1 aliphatic heterocycles. The number of carbonyl (C=O) groups excluding carboxylic acids is 1. The molecular weight excluding hydrogens is 280 g/mol. The maximum Gasteiger partial charge on any atom is 0.327 e. The summed E-state index contributed by atoms with van der Waals surface area (Å²) in [5.74, 6) is 0.243. The van der Waals surface area contributed by atoms with E-state index in [1.54, 1.807) is 13.3 Å². The number of amides is 2. The molecular formula is C13H18N2O4S. The minimum Gasteiger partial charge on any atom is -0.480 e. The largest absolute Gasteiger partial charge is 0.480 e. The van der Waals surface area contributed by atoms with Gasteiger partial charge in [0.15, 0.2) is 0 Å². The van der Waals surface area contributed by atoms with Crippen LogP contribution < -0.4 is 0 Å². The first-order valence-electron chi connectivity index (χ1n) is 6.32. The molecule has 1 N–H and O–H groups in total. The second kappa shape index (κ2) is 5.78. The molecule has 2 unspecified atom stereocenters. The van der Waals surface area contributed by atoms with Gasteiger partial charge in [0.2, 0.25) is 0 Å². The molecule has 0 radical (unpaired) electrons. The average Bonchev–Trinajstić information content (AvgIpc) is 2.95. The van der Waals surface area contributed by atoms with Crippen molar-refractivity contribution < 1.29 is 19.1 Å². The lowest BCUT2D eigenvalue weighted by atomic mass is 10.2. The van der Waals surface area contributed by atoms with E-state index in [4.69, 9.17) is 4.42 Å². The van der Waals surface area contributed by atoms with E-state index in [2.05, 4.69) is 0 Å². The summed E-state index contributed by atoms with van der Waals surface area (Å²) in [5, 5.41) is 9.06. The van der Waals surface area contributed by atoms with Gasteiger partial charge in [0.05, 0.1) is 18.2 Å². The SMILES string of the molecule is Cc1occc1CN(C)C(=O)N1C(C)SCC1C(=O)O. The Morgan fingerprint density at radius 3 is 2.85 bits per heavy atom. The molecule has 2 rings (SSSR count). The number of carboxylic acids is 1. The minimum atomic E-state index is -0.955. The second-order valence-electron chi connectivity index (χ2n) is 4.83. The number of aryl methyl sites for hydroxylation is 1. The molecule has 1 fully saturated rings. The zero-order chi connectivity index (χ0) is 14.9. The Balaban J connectivity index is 2.09. The quantitative estimate of drug-likeness (QED) is 0.923. The number of rotatable bonds is 3. The normalized spacial score (nSPS) is 22.1. The van der Waals surface area contributed by atoms with Gasteiger partial charge in [0.25, 0.3) is 0 Å². The maximum absolute atomic E-state index is 12.5. The van der Waals surface area contributed by atoms with Crippen molar-refractivity contribution >= 4 is 23.8 Å². The lowest BCUT2D eigenvalue weighted by molar-refractivity contribution is -0.141. The monoisotopic (exact) mass is 298 g/mol. The highest BCUT2D eigenvalue weighted by molar-refractivity contribution is 8.00. The van der Waals surface area contributed by atoms with Gasteiger partial charge >= 0.3 is 12.0 Å². The van der Waals surface area contributed by atoms with Crippen molar-refractivity contribution in [1.82, 2.24) is 9.80 Å². The van der Waals surface area contributed by atoms with Crippen LogP contribution in [0.3, 0.4) is 0 Å². The first kappa shape index (κ1) is 14.8. The van der Waals surface area contributed by atoms with Crippen LogP contribution in [0.5, 0.6) is 0 Å². The van der Waals surface area contributed by atoms with Gasteiger partial charge in [-0.3, -0.25) is 4.90 Å². The fourth-order valence-electron chi connectivity index (χ4n) is 2.22. The molecule has 0 aliphatic carbocycles. The summed E-state index contributed by atoms with van der Waals surface area (Å²) in [7, 11) is 1.67. The topological polar surface area (TPSA) is 74.0 Å². The Labute approximate surface area is 121 Å². The summed E-state index contributed by atoms with van der Waals surface area (Å²) in [6.45, 7) is 4.09. The molecule has 2 heterocycles. The van der Waals surface area contributed by atoms with Crippen LogP contribution in [0.15, 0.2) is 16.7 Å². The van der Waals surface area contributed by atoms with Crippen molar-refractivity contribution in [2.45, 2.75) is 31.8 Å². The highest BCUT2D eigenvalue weighted by Gasteiger charge is 2.40. The summed E-state index contributed by atoms with van der Waals surface area (Å²) >= 11 is 1.48. The van der Waals surface area contributed by atoms with Crippen molar-refractivity contribution in [3.05, 3.63) is 23.7 Å². The van der Waals surface area contributed by atoms with E-state index in [-0.39, 0.29) is 11.4 Å². The lowest BCUT2D eigenvalue weighted by Crippen LogP contribution is -2.49. The highest BCUT2D eigenvalue weighted by atomic mass is 32.2. The standard InChI is InChI=1S/C13H18N2O4S/c1-8-10(4-5-19-8)6-14(3)13(18)15-9(2)20-7-11(15)12(16)17/h4-5,9,11H,6-7H2,1-3H3,(H,16,17). The molecule has 1 aromatic rings. The van der Waals surface area contributed by atoms with Gasteiger partial charge in [-0.15, -0.1) is 11.8 Å². The fraction of sp³-hybridized carbons (Fsp3) is 0.538. The van der Waals surface area contributed by atoms with Crippen LogP contribution in [0.25, 0.3) is 0 Å². The van der Waals surface area contributed by atoms with E-state index < -0.39 is 12.0 Å². The van der Waals surface area contributed by atoms with Gasteiger partial charge in [0.1, 0.15) is 11.8 Å². The minimum absolute atomic E-state index is 0.128. The van der Waals surface area contributed by atoms with Crippen LogP contribution in [0.2, 0.25) is 0 Å². The van der Waals surface area contributed by atoms with Crippen LogP contribution in [0.1, 0.15) is 18.2 Å². The van der Waals surface area contributed by atoms with Crippen LogP contribution >= 0.6 is 11.8 Å². The molecule has 6 nitrogen and oxygen atoms in total. The van der Waals surface area contributed by atoms with Crippen molar-refractivity contribution in [2.75, 3.05) is 12.8 Å². The fourth-order valence-corrected chi connectivity index (χ4v) is 3.38. The number of furan rings is 1. The van der Waals surface area contributed by atoms with Crippen molar-refractivity contribution in [3.63, 3.8) is 0 Å². The highest BCUT2D eigenvalue weighted by Crippen LogP contribution is 2.30. The van der Waals surface area contributed by atoms with Crippen molar-refractivity contribution in [2.24, 2.45) is 0 Å². The lowest BCUT2D eigenvalue weighted by Gasteiger charge is -2.30. The number of hydrogen-bond acceptors (Lipinski definition) is 4. The average molecular weight is 298 g/mol. The molecule has 110 valence electrons.